The maximum atomic E-state index is 6.16. The van der Waals surface area contributed by atoms with Crippen molar-refractivity contribution in [1.82, 2.24) is 19.9 Å². The number of hydrogen-bond donors (Lipinski definition) is 2. The Labute approximate surface area is 159 Å². The molecule has 7 heteroatoms. The van der Waals surface area contributed by atoms with Crippen LogP contribution in [0.2, 0.25) is 10.4 Å². The Balaban J connectivity index is 1.44. The summed E-state index contributed by atoms with van der Waals surface area (Å²) in [6.45, 7) is 0. The number of aryl methyl sites for hydroxylation is 1. The Bertz CT molecular complexity index is 1140. The number of anilines is 1. The second kappa shape index (κ2) is 6.11. The molecule has 3 aromatic heterocycles. The molecule has 0 amide bonds. The average molecular weight is 384 g/mol. The first-order chi connectivity index (χ1) is 12.7. The van der Waals surface area contributed by atoms with Crippen LogP contribution in [0, 0.1) is 0 Å². The van der Waals surface area contributed by atoms with Gasteiger partial charge in [-0.3, -0.25) is 0 Å². The summed E-state index contributed by atoms with van der Waals surface area (Å²) in [6, 6.07) is 12.6. The van der Waals surface area contributed by atoms with Crippen LogP contribution in [0.15, 0.2) is 36.4 Å². The van der Waals surface area contributed by atoms with Gasteiger partial charge in [0.15, 0.2) is 5.15 Å². The molecule has 0 unspecified atom stereocenters. The van der Waals surface area contributed by atoms with Crippen molar-refractivity contribution in [3.05, 3.63) is 58.1 Å². The number of pyridine rings is 1. The van der Waals surface area contributed by atoms with E-state index in [4.69, 9.17) is 23.2 Å². The molecular weight excluding hydrogens is 369 g/mol. The van der Waals surface area contributed by atoms with Crippen molar-refractivity contribution in [1.29, 1.82) is 0 Å². The fourth-order valence-electron chi connectivity index (χ4n) is 3.73. The van der Waals surface area contributed by atoms with Crippen molar-refractivity contribution >= 4 is 51.0 Å². The number of H-pyrrole nitrogens is 1. The second-order valence-corrected chi connectivity index (χ2v) is 7.26. The standard InChI is InChI=1S/C19H15Cl2N5/c20-18-17-15(24-19(21)26-18)7-8-16(25-17)22-10-5-6-14-12(9-10)11-3-1-2-4-13(11)23-14/h1-4,7-8,10,23H,5-6,9H2,(H,22,25)/t10-/m1/s1. The second-order valence-electron chi connectivity index (χ2n) is 6.56. The molecular formula is C19H15Cl2N5. The molecule has 0 spiro atoms. The van der Waals surface area contributed by atoms with Gasteiger partial charge in [-0.05, 0) is 54.6 Å². The molecule has 0 aliphatic heterocycles. The molecule has 5 rings (SSSR count). The quantitative estimate of drug-likeness (QED) is 0.386. The first kappa shape index (κ1) is 15.9. The van der Waals surface area contributed by atoms with Gasteiger partial charge in [-0.2, -0.15) is 0 Å². The van der Waals surface area contributed by atoms with Crippen LogP contribution in [0.1, 0.15) is 17.7 Å². The molecule has 2 N–H and O–H groups in total. The largest absolute Gasteiger partial charge is 0.367 e. The van der Waals surface area contributed by atoms with E-state index in [9.17, 15) is 0 Å². The fourth-order valence-corrected chi connectivity index (χ4v) is 4.17. The Morgan fingerprint density at radius 3 is 2.85 bits per heavy atom. The van der Waals surface area contributed by atoms with E-state index >= 15 is 0 Å². The highest BCUT2D eigenvalue weighted by atomic mass is 35.5. The van der Waals surface area contributed by atoms with Crippen LogP contribution in [-0.2, 0) is 12.8 Å². The zero-order valence-corrected chi connectivity index (χ0v) is 15.3. The molecule has 4 aromatic rings. The smallest absolute Gasteiger partial charge is 0.224 e. The fraction of sp³-hybridized carbons (Fsp3) is 0.211. The molecule has 0 bridgehead atoms. The first-order valence-electron chi connectivity index (χ1n) is 8.52. The lowest BCUT2D eigenvalue weighted by Crippen LogP contribution is -2.27. The van der Waals surface area contributed by atoms with E-state index in [1.807, 2.05) is 12.1 Å². The zero-order chi connectivity index (χ0) is 17.7. The Kier molecular flexibility index (Phi) is 3.72. The molecule has 1 aliphatic rings. The maximum Gasteiger partial charge on any atom is 0.224 e. The van der Waals surface area contributed by atoms with Crippen LogP contribution in [0.25, 0.3) is 21.9 Å². The third kappa shape index (κ3) is 2.68. The minimum atomic E-state index is 0.129. The molecule has 0 saturated heterocycles. The lowest BCUT2D eigenvalue weighted by Gasteiger charge is -2.24. The van der Waals surface area contributed by atoms with E-state index in [1.54, 1.807) is 0 Å². The Morgan fingerprint density at radius 2 is 1.92 bits per heavy atom. The van der Waals surface area contributed by atoms with E-state index in [0.717, 1.165) is 25.1 Å². The molecule has 3 heterocycles. The molecule has 1 aromatic carbocycles. The van der Waals surface area contributed by atoms with Gasteiger partial charge in [0, 0.05) is 22.6 Å². The van der Waals surface area contributed by atoms with Gasteiger partial charge in [0.1, 0.15) is 11.3 Å². The molecule has 1 aliphatic carbocycles. The SMILES string of the molecule is Clc1nc(Cl)c2nc(N[C@@H]3CCc4[nH]c5ccccc5c4C3)ccc2n1. The monoisotopic (exact) mass is 383 g/mol. The highest BCUT2D eigenvalue weighted by Crippen LogP contribution is 2.30. The Morgan fingerprint density at radius 1 is 1.04 bits per heavy atom. The number of aromatic nitrogens is 4. The lowest BCUT2D eigenvalue weighted by atomic mass is 9.91. The van der Waals surface area contributed by atoms with Gasteiger partial charge >= 0.3 is 0 Å². The van der Waals surface area contributed by atoms with Crippen molar-refractivity contribution in [2.45, 2.75) is 25.3 Å². The lowest BCUT2D eigenvalue weighted by molar-refractivity contribution is 0.606. The number of nitrogens with one attached hydrogen (secondary N) is 2. The summed E-state index contributed by atoms with van der Waals surface area (Å²) in [5, 5.41) is 5.25. The molecule has 5 nitrogen and oxygen atoms in total. The summed E-state index contributed by atoms with van der Waals surface area (Å²) in [5.41, 5.74) is 5.16. The summed E-state index contributed by atoms with van der Waals surface area (Å²) in [5.74, 6) is 0.776. The third-order valence-electron chi connectivity index (χ3n) is 4.92. The number of halogens is 2. The van der Waals surface area contributed by atoms with Crippen LogP contribution < -0.4 is 5.32 Å². The predicted octanol–water partition coefficient (Wildman–Crippen LogP) is 4.78. The predicted molar refractivity (Wildman–Crippen MR) is 105 cm³/mol. The van der Waals surface area contributed by atoms with Gasteiger partial charge in [0.05, 0.1) is 5.52 Å². The summed E-state index contributed by atoms with van der Waals surface area (Å²) in [7, 11) is 0. The number of benzene rings is 1. The number of hydrogen-bond acceptors (Lipinski definition) is 4. The van der Waals surface area contributed by atoms with Crippen LogP contribution in [0.3, 0.4) is 0 Å². The molecule has 0 radical (unpaired) electrons. The van der Waals surface area contributed by atoms with Gasteiger partial charge in [0.2, 0.25) is 5.28 Å². The van der Waals surface area contributed by atoms with Crippen LogP contribution in [0.4, 0.5) is 5.82 Å². The van der Waals surface area contributed by atoms with Gasteiger partial charge < -0.3 is 10.3 Å². The molecule has 1 atom stereocenters. The van der Waals surface area contributed by atoms with Crippen molar-refractivity contribution in [3.63, 3.8) is 0 Å². The highest BCUT2D eigenvalue weighted by molar-refractivity contribution is 6.35. The van der Waals surface area contributed by atoms with Crippen molar-refractivity contribution < 1.29 is 0 Å². The topological polar surface area (TPSA) is 66.5 Å². The molecule has 26 heavy (non-hydrogen) atoms. The van der Waals surface area contributed by atoms with E-state index in [2.05, 4.69) is 49.5 Å². The van der Waals surface area contributed by atoms with E-state index in [-0.39, 0.29) is 10.4 Å². The van der Waals surface area contributed by atoms with Gasteiger partial charge in [0.25, 0.3) is 0 Å². The van der Waals surface area contributed by atoms with E-state index < -0.39 is 0 Å². The van der Waals surface area contributed by atoms with Crippen LogP contribution in [-0.4, -0.2) is 26.0 Å². The average Bonchev–Trinajstić information content (AvgIpc) is 3.00. The van der Waals surface area contributed by atoms with E-state index in [0.29, 0.717) is 17.1 Å². The van der Waals surface area contributed by atoms with Crippen molar-refractivity contribution in [2.75, 3.05) is 5.32 Å². The van der Waals surface area contributed by atoms with Crippen molar-refractivity contribution in [3.8, 4) is 0 Å². The minimum absolute atomic E-state index is 0.129. The molecule has 0 saturated carbocycles. The van der Waals surface area contributed by atoms with Crippen molar-refractivity contribution in [2.24, 2.45) is 0 Å². The number of nitrogens with zero attached hydrogens (tertiary/aromatic N) is 3. The van der Waals surface area contributed by atoms with Crippen LogP contribution >= 0.6 is 23.2 Å². The summed E-state index contributed by atoms with van der Waals surface area (Å²) in [6.07, 6.45) is 3.03. The summed E-state index contributed by atoms with van der Waals surface area (Å²) >= 11 is 12.0. The molecule has 0 fully saturated rings. The number of rotatable bonds is 2. The first-order valence-corrected chi connectivity index (χ1v) is 9.28. The minimum Gasteiger partial charge on any atom is -0.367 e. The zero-order valence-electron chi connectivity index (χ0n) is 13.8. The van der Waals surface area contributed by atoms with Gasteiger partial charge in [-0.25, -0.2) is 15.0 Å². The number of para-hydroxylation sites is 1. The van der Waals surface area contributed by atoms with Gasteiger partial charge in [-0.15, -0.1) is 0 Å². The van der Waals surface area contributed by atoms with Crippen LogP contribution in [0.5, 0.6) is 0 Å². The third-order valence-corrected chi connectivity index (χ3v) is 5.35. The highest BCUT2D eigenvalue weighted by Gasteiger charge is 2.22. The van der Waals surface area contributed by atoms with Gasteiger partial charge in [-0.1, -0.05) is 29.8 Å². The summed E-state index contributed by atoms with van der Waals surface area (Å²) < 4.78 is 0. The number of aromatic amines is 1. The Hall–Kier alpha value is -2.37. The van der Waals surface area contributed by atoms with E-state index in [1.165, 1.54) is 22.2 Å². The molecule has 130 valence electrons. The summed E-state index contributed by atoms with van der Waals surface area (Å²) in [4.78, 5) is 16.3. The maximum absolute atomic E-state index is 6.16. The normalized spacial score (nSPS) is 16.8. The number of fused-ring (bicyclic) bond motifs is 4.